The lowest BCUT2D eigenvalue weighted by molar-refractivity contribution is -0.137. The van der Waals surface area contributed by atoms with Crippen molar-refractivity contribution in [1.29, 1.82) is 0 Å². The van der Waals surface area contributed by atoms with E-state index in [1.165, 1.54) is 12.1 Å². The fourth-order valence-electron chi connectivity index (χ4n) is 1.63. The van der Waals surface area contributed by atoms with Crippen LogP contribution in [-0.4, -0.2) is 18.3 Å². The van der Waals surface area contributed by atoms with Crippen molar-refractivity contribution in [3.05, 3.63) is 54.1 Å². The molecule has 0 bridgehead atoms. The van der Waals surface area contributed by atoms with E-state index in [0.29, 0.717) is 11.4 Å². The van der Waals surface area contributed by atoms with Gasteiger partial charge in [0, 0.05) is 0 Å². The standard InChI is InChI=1S/C15H13F3N2O2/c16-15(17,18)11-2-1-3-13(10-11)20-19-12-4-6-14(7-5-12)22-9-8-21/h1-7,10,21H,8-9H2. The Morgan fingerprint density at radius 2 is 1.64 bits per heavy atom. The van der Waals surface area contributed by atoms with E-state index < -0.39 is 11.7 Å². The highest BCUT2D eigenvalue weighted by atomic mass is 19.4. The lowest BCUT2D eigenvalue weighted by Gasteiger charge is -2.06. The number of hydrogen-bond donors (Lipinski definition) is 1. The molecule has 0 aromatic heterocycles. The van der Waals surface area contributed by atoms with Gasteiger partial charge >= 0.3 is 6.18 Å². The van der Waals surface area contributed by atoms with Crippen molar-refractivity contribution in [2.75, 3.05) is 13.2 Å². The van der Waals surface area contributed by atoms with Crippen LogP contribution in [0.3, 0.4) is 0 Å². The molecule has 22 heavy (non-hydrogen) atoms. The lowest BCUT2D eigenvalue weighted by Crippen LogP contribution is -2.03. The second kappa shape index (κ2) is 7.04. The van der Waals surface area contributed by atoms with E-state index in [4.69, 9.17) is 9.84 Å². The summed E-state index contributed by atoms with van der Waals surface area (Å²) in [4.78, 5) is 0. The highest BCUT2D eigenvalue weighted by Gasteiger charge is 2.30. The molecule has 116 valence electrons. The molecule has 0 radical (unpaired) electrons. The predicted octanol–water partition coefficient (Wildman–Crippen LogP) is 4.49. The van der Waals surface area contributed by atoms with Crippen molar-refractivity contribution < 1.29 is 23.0 Å². The van der Waals surface area contributed by atoms with Crippen LogP contribution in [-0.2, 0) is 6.18 Å². The van der Waals surface area contributed by atoms with Crippen LogP contribution >= 0.6 is 0 Å². The minimum Gasteiger partial charge on any atom is -0.491 e. The number of ether oxygens (including phenoxy) is 1. The van der Waals surface area contributed by atoms with Gasteiger partial charge in [-0.25, -0.2) is 0 Å². The molecule has 2 aromatic rings. The maximum atomic E-state index is 12.6. The molecular formula is C15H13F3N2O2. The minimum absolute atomic E-state index is 0.0863. The van der Waals surface area contributed by atoms with E-state index in [0.717, 1.165) is 12.1 Å². The Balaban J connectivity index is 2.08. The molecule has 0 unspecified atom stereocenters. The number of benzene rings is 2. The monoisotopic (exact) mass is 310 g/mol. The molecule has 7 heteroatoms. The molecule has 4 nitrogen and oxygen atoms in total. The van der Waals surface area contributed by atoms with Gasteiger partial charge in [0.1, 0.15) is 12.4 Å². The molecular weight excluding hydrogens is 297 g/mol. The Bertz CT molecular complexity index is 640. The van der Waals surface area contributed by atoms with E-state index in [9.17, 15) is 13.2 Å². The molecule has 2 aromatic carbocycles. The Hall–Kier alpha value is -2.41. The number of aliphatic hydroxyl groups is 1. The molecule has 0 spiro atoms. The Labute approximate surface area is 124 Å². The van der Waals surface area contributed by atoms with Crippen molar-refractivity contribution in [2.45, 2.75) is 6.18 Å². The zero-order valence-corrected chi connectivity index (χ0v) is 11.4. The van der Waals surface area contributed by atoms with Gasteiger partial charge < -0.3 is 9.84 Å². The fourth-order valence-corrected chi connectivity index (χ4v) is 1.63. The first-order chi connectivity index (χ1) is 10.5. The van der Waals surface area contributed by atoms with Gasteiger partial charge in [0.25, 0.3) is 0 Å². The Kier molecular flexibility index (Phi) is 5.11. The third-order valence-corrected chi connectivity index (χ3v) is 2.65. The SMILES string of the molecule is OCCOc1ccc(N=Nc2cccc(C(F)(F)F)c2)cc1. The third kappa shape index (κ3) is 4.56. The second-order valence-electron chi connectivity index (χ2n) is 4.31. The van der Waals surface area contributed by atoms with E-state index in [-0.39, 0.29) is 18.9 Å². The summed E-state index contributed by atoms with van der Waals surface area (Å²) in [6.07, 6.45) is -4.41. The average Bonchev–Trinajstić information content (AvgIpc) is 2.51. The van der Waals surface area contributed by atoms with E-state index in [1.807, 2.05) is 0 Å². The van der Waals surface area contributed by atoms with E-state index in [2.05, 4.69) is 10.2 Å². The molecule has 0 aliphatic heterocycles. The summed E-state index contributed by atoms with van der Waals surface area (Å²) in [7, 11) is 0. The van der Waals surface area contributed by atoms with Gasteiger partial charge in [0.15, 0.2) is 0 Å². The summed E-state index contributed by atoms with van der Waals surface area (Å²) in [5.74, 6) is 0.562. The van der Waals surface area contributed by atoms with Crippen molar-refractivity contribution in [3.8, 4) is 5.75 Å². The predicted molar refractivity (Wildman–Crippen MR) is 74.6 cm³/mol. The molecule has 0 aliphatic carbocycles. The van der Waals surface area contributed by atoms with Crippen LogP contribution < -0.4 is 4.74 Å². The molecule has 0 heterocycles. The molecule has 0 amide bonds. The molecule has 0 atom stereocenters. The summed E-state index contributed by atoms with van der Waals surface area (Å²) in [6.45, 7) is 0.0993. The number of rotatable bonds is 5. The third-order valence-electron chi connectivity index (χ3n) is 2.65. The molecule has 2 rings (SSSR count). The quantitative estimate of drug-likeness (QED) is 0.827. The highest BCUT2D eigenvalue weighted by Crippen LogP contribution is 2.31. The van der Waals surface area contributed by atoms with Crippen LogP contribution in [0.5, 0.6) is 5.75 Å². The largest absolute Gasteiger partial charge is 0.491 e. The van der Waals surface area contributed by atoms with Crippen LogP contribution in [0.4, 0.5) is 24.5 Å². The summed E-state index contributed by atoms with van der Waals surface area (Å²) in [5, 5.41) is 16.3. The zero-order chi connectivity index (χ0) is 16.0. The van der Waals surface area contributed by atoms with E-state index in [1.54, 1.807) is 24.3 Å². The number of nitrogens with zero attached hydrogens (tertiary/aromatic N) is 2. The molecule has 1 N–H and O–H groups in total. The first-order valence-corrected chi connectivity index (χ1v) is 6.42. The molecule has 0 saturated heterocycles. The summed E-state index contributed by atoms with van der Waals surface area (Å²) in [6, 6.07) is 11.1. The maximum Gasteiger partial charge on any atom is 0.416 e. The normalized spacial score (nSPS) is 11.8. The smallest absolute Gasteiger partial charge is 0.416 e. The molecule has 0 aliphatic rings. The van der Waals surface area contributed by atoms with Gasteiger partial charge in [-0.15, -0.1) is 0 Å². The van der Waals surface area contributed by atoms with Crippen LogP contribution in [0, 0.1) is 0 Å². The van der Waals surface area contributed by atoms with Gasteiger partial charge in [-0.2, -0.15) is 23.4 Å². The Morgan fingerprint density at radius 3 is 2.27 bits per heavy atom. The summed E-state index contributed by atoms with van der Waals surface area (Å²) in [5.41, 5.74) is -0.166. The van der Waals surface area contributed by atoms with E-state index >= 15 is 0 Å². The number of hydrogen-bond acceptors (Lipinski definition) is 4. The number of aliphatic hydroxyl groups excluding tert-OH is 1. The van der Waals surface area contributed by atoms with Crippen LogP contribution in [0.15, 0.2) is 58.8 Å². The van der Waals surface area contributed by atoms with Crippen molar-refractivity contribution in [1.82, 2.24) is 0 Å². The zero-order valence-electron chi connectivity index (χ0n) is 11.4. The number of halogens is 3. The van der Waals surface area contributed by atoms with Crippen molar-refractivity contribution in [3.63, 3.8) is 0 Å². The topological polar surface area (TPSA) is 54.2 Å². The summed E-state index contributed by atoms with van der Waals surface area (Å²) < 4.78 is 42.9. The van der Waals surface area contributed by atoms with Gasteiger partial charge in [-0.05, 0) is 42.5 Å². The first kappa shape index (κ1) is 16.0. The van der Waals surface area contributed by atoms with Gasteiger partial charge in [-0.3, -0.25) is 0 Å². The molecule has 0 fully saturated rings. The second-order valence-corrected chi connectivity index (χ2v) is 4.31. The minimum atomic E-state index is -4.41. The number of alkyl halides is 3. The maximum absolute atomic E-state index is 12.6. The van der Waals surface area contributed by atoms with Crippen LogP contribution in [0.25, 0.3) is 0 Å². The summed E-state index contributed by atoms with van der Waals surface area (Å²) >= 11 is 0. The molecule has 0 saturated carbocycles. The van der Waals surface area contributed by atoms with Gasteiger partial charge in [-0.1, -0.05) is 6.07 Å². The first-order valence-electron chi connectivity index (χ1n) is 6.42. The Morgan fingerprint density at radius 1 is 0.955 bits per heavy atom. The fraction of sp³-hybridized carbons (Fsp3) is 0.200. The van der Waals surface area contributed by atoms with Crippen molar-refractivity contribution >= 4 is 11.4 Å². The van der Waals surface area contributed by atoms with Crippen LogP contribution in [0.2, 0.25) is 0 Å². The highest BCUT2D eigenvalue weighted by molar-refractivity contribution is 5.44. The average molecular weight is 310 g/mol. The number of azo groups is 1. The van der Waals surface area contributed by atoms with Crippen molar-refractivity contribution in [2.24, 2.45) is 10.2 Å². The van der Waals surface area contributed by atoms with Gasteiger partial charge in [0.2, 0.25) is 0 Å². The lowest BCUT2D eigenvalue weighted by atomic mass is 10.2. The van der Waals surface area contributed by atoms with Gasteiger partial charge in [0.05, 0.1) is 23.5 Å². The van der Waals surface area contributed by atoms with Crippen LogP contribution in [0.1, 0.15) is 5.56 Å².